The van der Waals surface area contributed by atoms with Crippen molar-refractivity contribution in [2.45, 2.75) is 31.7 Å². The summed E-state index contributed by atoms with van der Waals surface area (Å²) < 4.78 is 41.2. The van der Waals surface area contributed by atoms with Gasteiger partial charge in [-0.25, -0.2) is 12.8 Å². The normalized spacial score (nSPS) is 17.1. The van der Waals surface area contributed by atoms with Gasteiger partial charge in [-0.3, -0.25) is 9.69 Å². The van der Waals surface area contributed by atoms with Crippen LogP contribution in [0.15, 0.2) is 47.4 Å². The summed E-state index contributed by atoms with van der Waals surface area (Å²) in [6.45, 7) is 6.91. The predicted molar refractivity (Wildman–Crippen MR) is 111 cm³/mol. The Kier molecular flexibility index (Phi) is 6.36. The first-order valence-corrected chi connectivity index (χ1v) is 11.0. The molecule has 156 valence electrons. The SMILES string of the molecule is Cc1ccc(S(=O)(=O)N2CCN([C@@H](C)C(=O)Nc3ccccc3F)CC2)c(C)c1. The molecule has 1 aliphatic heterocycles. The Hall–Kier alpha value is -2.29. The van der Waals surface area contributed by atoms with Crippen LogP contribution in [-0.2, 0) is 14.8 Å². The van der Waals surface area contributed by atoms with Crippen LogP contribution in [0, 0.1) is 19.7 Å². The van der Waals surface area contributed by atoms with E-state index in [0.717, 1.165) is 11.1 Å². The van der Waals surface area contributed by atoms with Crippen LogP contribution in [0.3, 0.4) is 0 Å². The van der Waals surface area contributed by atoms with E-state index >= 15 is 0 Å². The number of amides is 1. The van der Waals surface area contributed by atoms with Gasteiger partial charge in [0.2, 0.25) is 15.9 Å². The van der Waals surface area contributed by atoms with E-state index in [1.165, 1.54) is 16.4 Å². The molecule has 29 heavy (non-hydrogen) atoms. The fourth-order valence-corrected chi connectivity index (χ4v) is 5.15. The molecule has 1 atom stereocenters. The third kappa shape index (κ3) is 4.66. The summed E-state index contributed by atoms with van der Waals surface area (Å²) in [7, 11) is -3.58. The number of aryl methyl sites for hydroxylation is 2. The standard InChI is InChI=1S/C21H26FN3O3S/c1-15-8-9-20(16(2)14-15)29(27,28)25-12-10-24(11-13-25)17(3)21(26)23-19-7-5-4-6-18(19)22/h4-9,14,17H,10-13H2,1-3H3,(H,23,26)/t17-/m0/s1. The molecule has 3 rings (SSSR count). The number of nitrogens with one attached hydrogen (secondary N) is 1. The number of hydrogen-bond acceptors (Lipinski definition) is 4. The van der Waals surface area contributed by atoms with Gasteiger partial charge >= 0.3 is 0 Å². The molecule has 2 aromatic rings. The van der Waals surface area contributed by atoms with Gasteiger partial charge in [-0.1, -0.05) is 29.8 Å². The maximum Gasteiger partial charge on any atom is 0.243 e. The molecule has 8 heteroatoms. The Bertz CT molecular complexity index is 1000. The number of para-hydroxylation sites is 1. The second-order valence-electron chi connectivity index (χ2n) is 7.35. The maximum atomic E-state index is 13.8. The van der Waals surface area contributed by atoms with E-state index in [2.05, 4.69) is 5.32 Å². The maximum absolute atomic E-state index is 13.8. The Morgan fingerprint density at radius 1 is 1.07 bits per heavy atom. The van der Waals surface area contributed by atoms with Crippen LogP contribution in [0.25, 0.3) is 0 Å². The topological polar surface area (TPSA) is 69.7 Å². The third-order valence-electron chi connectivity index (χ3n) is 5.28. The van der Waals surface area contributed by atoms with Crippen molar-refractivity contribution in [2.75, 3.05) is 31.5 Å². The second kappa shape index (κ2) is 8.61. The molecule has 0 spiro atoms. The molecule has 2 aromatic carbocycles. The van der Waals surface area contributed by atoms with Crippen LogP contribution in [0.4, 0.5) is 10.1 Å². The largest absolute Gasteiger partial charge is 0.322 e. The van der Waals surface area contributed by atoms with Crippen molar-refractivity contribution >= 4 is 21.6 Å². The van der Waals surface area contributed by atoms with Gasteiger partial charge in [0.05, 0.1) is 16.6 Å². The van der Waals surface area contributed by atoms with Gasteiger partial charge in [0, 0.05) is 26.2 Å². The Morgan fingerprint density at radius 2 is 1.72 bits per heavy atom. The number of halogens is 1. The highest BCUT2D eigenvalue weighted by atomic mass is 32.2. The van der Waals surface area contributed by atoms with Crippen molar-refractivity contribution in [2.24, 2.45) is 0 Å². The number of hydrogen-bond donors (Lipinski definition) is 1. The van der Waals surface area contributed by atoms with Crippen LogP contribution in [0.5, 0.6) is 0 Å². The number of rotatable bonds is 5. The van der Waals surface area contributed by atoms with E-state index in [-0.39, 0.29) is 11.6 Å². The first-order valence-electron chi connectivity index (χ1n) is 9.57. The number of carbonyl (C=O) groups is 1. The number of sulfonamides is 1. The molecule has 6 nitrogen and oxygen atoms in total. The van der Waals surface area contributed by atoms with E-state index in [4.69, 9.17) is 0 Å². The van der Waals surface area contributed by atoms with E-state index in [1.54, 1.807) is 38.1 Å². The molecule has 1 N–H and O–H groups in total. The van der Waals surface area contributed by atoms with E-state index in [1.807, 2.05) is 17.9 Å². The zero-order valence-electron chi connectivity index (χ0n) is 16.9. The fourth-order valence-electron chi connectivity index (χ4n) is 3.52. The van der Waals surface area contributed by atoms with Gasteiger partial charge in [-0.05, 0) is 44.5 Å². The van der Waals surface area contributed by atoms with Gasteiger partial charge in [0.15, 0.2) is 0 Å². The van der Waals surface area contributed by atoms with E-state index in [9.17, 15) is 17.6 Å². The molecule has 1 saturated heterocycles. The van der Waals surface area contributed by atoms with Gasteiger partial charge < -0.3 is 5.32 Å². The van der Waals surface area contributed by atoms with Crippen molar-refractivity contribution in [3.05, 3.63) is 59.4 Å². The average Bonchev–Trinajstić information content (AvgIpc) is 2.69. The van der Waals surface area contributed by atoms with E-state index < -0.39 is 21.9 Å². The lowest BCUT2D eigenvalue weighted by Gasteiger charge is -2.36. The minimum absolute atomic E-state index is 0.139. The summed E-state index contributed by atoms with van der Waals surface area (Å²) in [5, 5.41) is 2.60. The molecule has 1 fully saturated rings. The lowest BCUT2D eigenvalue weighted by atomic mass is 10.2. The van der Waals surface area contributed by atoms with Crippen LogP contribution in [0.1, 0.15) is 18.1 Å². The smallest absolute Gasteiger partial charge is 0.243 e. The molecular weight excluding hydrogens is 393 g/mol. The monoisotopic (exact) mass is 419 g/mol. The van der Waals surface area contributed by atoms with Crippen molar-refractivity contribution < 1.29 is 17.6 Å². The number of carbonyl (C=O) groups excluding carboxylic acids is 1. The fraction of sp³-hybridized carbons (Fsp3) is 0.381. The molecule has 1 amide bonds. The Morgan fingerprint density at radius 3 is 2.34 bits per heavy atom. The lowest BCUT2D eigenvalue weighted by Crippen LogP contribution is -2.54. The quantitative estimate of drug-likeness (QED) is 0.809. The molecule has 0 unspecified atom stereocenters. The summed E-state index contributed by atoms with van der Waals surface area (Å²) >= 11 is 0. The molecule has 0 aromatic heterocycles. The van der Waals surface area contributed by atoms with Crippen molar-refractivity contribution in [3.8, 4) is 0 Å². The zero-order chi connectivity index (χ0) is 21.2. The minimum atomic E-state index is -3.58. The van der Waals surface area contributed by atoms with Crippen LogP contribution < -0.4 is 5.32 Å². The van der Waals surface area contributed by atoms with Gasteiger partial charge in [0.25, 0.3) is 0 Å². The van der Waals surface area contributed by atoms with Gasteiger partial charge in [-0.15, -0.1) is 0 Å². The summed E-state index contributed by atoms with van der Waals surface area (Å²) in [4.78, 5) is 14.7. The summed E-state index contributed by atoms with van der Waals surface area (Å²) in [6.07, 6.45) is 0. The molecule has 0 radical (unpaired) electrons. The predicted octanol–water partition coefficient (Wildman–Crippen LogP) is 2.78. The van der Waals surface area contributed by atoms with Crippen molar-refractivity contribution in [1.82, 2.24) is 9.21 Å². The van der Waals surface area contributed by atoms with Crippen molar-refractivity contribution in [3.63, 3.8) is 0 Å². The van der Waals surface area contributed by atoms with Gasteiger partial charge in [-0.2, -0.15) is 4.31 Å². The number of nitrogens with zero attached hydrogens (tertiary/aromatic N) is 2. The van der Waals surface area contributed by atoms with Gasteiger partial charge in [0.1, 0.15) is 5.82 Å². The number of benzene rings is 2. The molecule has 0 aliphatic carbocycles. The first kappa shape index (κ1) is 21.4. The van der Waals surface area contributed by atoms with Crippen LogP contribution in [-0.4, -0.2) is 55.8 Å². The summed E-state index contributed by atoms with van der Waals surface area (Å²) in [6, 6.07) is 10.8. The molecular formula is C21H26FN3O3S. The number of piperazine rings is 1. The van der Waals surface area contributed by atoms with Crippen LogP contribution >= 0.6 is 0 Å². The molecule has 1 aliphatic rings. The molecule has 0 bridgehead atoms. The number of anilines is 1. The highest BCUT2D eigenvalue weighted by Crippen LogP contribution is 2.23. The summed E-state index contributed by atoms with van der Waals surface area (Å²) in [5.41, 5.74) is 1.88. The average molecular weight is 420 g/mol. The van der Waals surface area contributed by atoms with E-state index in [0.29, 0.717) is 31.1 Å². The molecule has 0 saturated carbocycles. The second-order valence-corrected chi connectivity index (χ2v) is 9.26. The highest BCUT2D eigenvalue weighted by Gasteiger charge is 2.32. The van der Waals surface area contributed by atoms with Crippen LogP contribution in [0.2, 0.25) is 0 Å². The molecule has 1 heterocycles. The highest BCUT2D eigenvalue weighted by molar-refractivity contribution is 7.89. The summed E-state index contributed by atoms with van der Waals surface area (Å²) in [5.74, 6) is -0.807. The first-order chi connectivity index (χ1) is 13.7. The Balaban J connectivity index is 1.63. The zero-order valence-corrected chi connectivity index (χ0v) is 17.7. The Labute approximate surface area is 171 Å². The lowest BCUT2D eigenvalue weighted by molar-refractivity contribution is -0.121. The third-order valence-corrected chi connectivity index (χ3v) is 7.34. The minimum Gasteiger partial charge on any atom is -0.322 e. The van der Waals surface area contributed by atoms with Crippen molar-refractivity contribution in [1.29, 1.82) is 0 Å².